The van der Waals surface area contributed by atoms with Crippen LogP contribution in [0.4, 0.5) is 13.2 Å². The summed E-state index contributed by atoms with van der Waals surface area (Å²) in [5.41, 5.74) is 5.39. The summed E-state index contributed by atoms with van der Waals surface area (Å²) in [6.07, 6.45) is -5.08. The van der Waals surface area contributed by atoms with E-state index >= 15 is 0 Å². The highest BCUT2D eigenvalue weighted by atomic mass is 19.4. The molecule has 0 aromatic heterocycles. The number of aliphatic carboxylic acids is 1. The van der Waals surface area contributed by atoms with Crippen LogP contribution in [0.1, 0.15) is 0 Å². The summed E-state index contributed by atoms with van der Waals surface area (Å²) in [5.74, 6) is -2.76. The third-order valence-electron chi connectivity index (χ3n) is 0.647. The smallest absolute Gasteiger partial charge is 0.475 e. The zero-order valence-corrected chi connectivity index (χ0v) is 6.43. The van der Waals surface area contributed by atoms with Gasteiger partial charge in [0, 0.05) is 12.1 Å². The van der Waals surface area contributed by atoms with Crippen molar-refractivity contribution >= 4 is 5.97 Å². The molecule has 74 valence electrons. The molecule has 13 heavy (non-hydrogen) atoms. The Morgan fingerprint density at radius 3 is 1.92 bits per heavy atom. The summed E-state index contributed by atoms with van der Waals surface area (Å²) < 4.78 is 31.7. The van der Waals surface area contributed by atoms with Gasteiger partial charge in [-0.25, -0.2) is 4.79 Å². The highest BCUT2D eigenvalue weighted by Gasteiger charge is 2.38. The first-order chi connectivity index (χ1) is 5.75. The molecule has 0 aliphatic carbocycles. The Hall–Kier alpha value is -1.55. The molecule has 0 aliphatic heterocycles. The van der Waals surface area contributed by atoms with Crippen molar-refractivity contribution in [1.29, 1.82) is 5.26 Å². The van der Waals surface area contributed by atoms with Crippen LogP contribution < -0.4 is 5.73 Å². The van der Waals surface area contributed by atoms with Crippen LogP contribution in [0.25, 0.3) is 0 Å². The van der Waals surface area contributed by atoms with E-state index in [0.717, 1.165) is 0 Å². The van der Waals surface area contributed by atoms with E-state index < -0.39 is 12.1 Å². The lowest BCUT2D eigenvalue weighted by atomic mass is 10.4. The number of halogens is 3. The van der Waals surface area contributed by atoms with Gasteiger partial charge >= 0.3 is 12.1 Å². The number of nitriles is 1. The van der Waals surface area contributed by atoms with Crippen molar-refractivity contribution in [1.82, 2.24) is 0 Å². The van der Waals surface area contributed by atoms with Gasteiger partial charge in [-0.15, -0.1) is 0 Å². The summed E-state index contributed by atoms with van der Waals surface area (Å²) in [7, 11) is 0. The van der Waals surface area contributed by atoms with Crippen LogP contribution in [0, 0.1) is 11.3 Å². The molecular weight excluding hydrogens is 189 g/mol. The van der Waals surface area contributed by atoms with E-state index in [9.17, 15) is 13.2 Å². The number of nitrogens with two attached hydrogens (primary N) is 1. The average molecular weight is 196 g/mol. The minimum atomic E-state index is -5.08. The maximum Gasteiger partial charge on any atom is 0.490 e. The molecular formula is C6H7F3N2O2. The SMILES string of the molecule is C=C(C#N)CN.O=C(O)C(F)(F)F. The maximum atomic E-state index is 10.6. The number of rotatable bonds is 1. The van der Waals surface area contributed by atoms with Gasteiger partial charge in [0.15, 0.2) is 0 Å². The highest BCUT2D eigenvalue weighted by Crippen LogP contribution is 2.13. The molecule has 0 saturated carbocycles. The third kappa shape index (κ3) is 10.4. The Balaban J connectivity index is 0. The van der Waals surface area contributed by atoms with Gasteiger partial charge in [0.05, 0.1) is 6.07 Å². The van der Waals surface area contributed by atoms with Crippen LogP contribution in [0.15, 0.2) is 12.2 Å². The summed E-state index contributed by atoms with van der Waals surface area (Å²) in [6, 6.07) is 1.80. The monoisotopic (exact) mass is 196 g/mol. The minimum absolute atomic E-state index is 0.274. The van der Waals surface area contributed by atoms with E-state index in [-0.39, 0.29) is 6.54 Å². The molecule has 0 aliphatic rings. The Kier molecular flexibility index (Phi) is 6.48. The van der Waals surface area contributed by atoms with Crippen molar-refractivity contribution < 1.29 is 23.1 Å². The molecule has 0 atom stereocenters. The molecule has 0 aromatic rings. The van der Waals surface area contributed by atoms with Crippen molar-refractivity contribution in [3.8, 4) is 6.07 Å². The Morgan fingerprint density at radius 2 is 1.92 bits per heavy atom. The van der Waals surface area contributed by atoms with Gasteiger partial charge < -0.3 is 10.8 Å². The van der Waals surface area contributed by atoms with Gasteiger partial charge in [-0.05, 0) is 0 Å². The van der Waals surface area contributed by atoms with Crippen LogP contribution in [0.2, 0.25) is 0 Å². The topological polar surface area (TPSA) is 87.1 Å². The van der Waals surface area contributed by atoms with Crippen LogP contribution in [-0.4, -0.2) is 23.8 Å². The second kappa shape index (κ2) is 6.02. The quantitative estimate of drug-likeness (QED) is 0.603. The molecule has 3 N–H and O–H groups in total. The largest absolute Gasteiger partial charge is 0.490 e. The van der Waals surface area contributed by atoms with Gasteiger partial charge in [0.25, 0.3) is 0 Å². The Labute approximate surface area is 72.1 Å². The lowest BCUT2D eigenvalue weighted by Crippen LogP contribution is -2.21. The fourth-order valence-electron chi connectivity index (χ4n) is 0.0456. The fourth-order valence-corrected chi connectivity index (χ4v) is 0.0456. The van der Waals surface area contributed by atoms with Gasteiger partial charge in [-0.1, -0.05) is 6.58 Å². The standard InChI is InChI=1S/C4H6N2.C2HF3O2/c1-4(2-5)3-6;3-2(4,5)1(6)7/h1-2,5H2;(H,6,7). The lowest BCUT2D eigenvalue weighted by molar-refractivity contribution is -0.192. The Morgan fingerprint density at radius 1 is 1.62 bits per heavy atom. The zero-order chi connectivity index (χ0) is 11.1. The number of hydrogen-bond acceptors (Lipinski definition) is 3. The molecule has 0 amide bonds. The van der Waals surface area contributed by atoms with Crippen LogP contribution in [-0.2, 0) is 4.79 Å². The molecule has 4 nitrogen and oxygen atoms in total. The molecule has 0 saturated heterocycles. The highest BCUT2D eigenvalue weighted by molar-refractivity contribution is 5.73. The molecule has 0 fully saturated rings. The fraction of sp³-hybridized carbons (Fsp3) is 0.333. The number of alkyl halides is 3. The lowest BCUT2D eigenvalue weighted by Gasteiger charge is -1.93. The van der Waals surface area contributed by atoms with E-state index in [0.29, 0.717) is 5.57 Å². The van der Waals surface area contributed by atoms with Gasteiger partial charge in [0.1, 0.15) is 0 Å². The van der Waals surface area contributed by atoms with Crippen LogP contribution in [0.3, 0.4) is 0 Å². The first kappa shape index (κ1) is 14.0. The molecule has 7 heteroatoms. The van der Waals surface area contributed by atoms with Crippen LogP contribution >= 0.6 is 0 Å². The number of carbonyl (C=O) groups is 1. The number of hydrogen-bond donors (Lipinski definition) is 2. The molecule has 0 bridgehead atoms. The number of carboxylic acid groups (broad SMARTS) is 1. The van der Waals surface area contributed by atoms with E-state index in [1.165, 1.54) is 0 Å². The normalized spacial score (nSPS) is 9.15. The zero-order valence-electron chi connectivity index (χ0n) is 6.43. The summed E-state index contributed by atoms with van der Waals surface area (Å²) >= 11 is 0. The molecule has 0 spiro atoms. The van der Waals surface area contributed by atoms with Gasteiger partial charge in [-0.3, -0.25) is 0 Å². The second-order valence-corrected chi connectivity index (χ2v) is 1.72. The van der Waals surface area contributed by atoms with E-state index in [1.54, 1.807) is 6.07 Å². The van der Waals surface area contributed by atoms with E-state index in [1.807, 2.05) is 0 Å². The minimum Gasteiger partial charge on any atom is -0.475 e. The van der Waals surface area contributed by atoms with Crippen molar-refractivity contribution in [2.75, 3.05) is 6.54 Å². The predicted molar refractivity (Wildman–Crippen MR) is 37.5 cm³/mol. The first-order valence-corrected chi connectivity index (χ1v) is 2.83. The molecule has 0 unspecified atom stereocenters. The molecule has 0 heterocycles. The number of nitrogens with zero attached hydrogens (tertiary/aromatic N) is 1. The van der Waals surface area contributed by atoms with E-state index in [4.69, 9.17) is 20.9 Å². The predicted octanol–water partition coefficient (Wildman–Crippen LogP) is 0.658. The average Bonchev–Trinajstić information content (AvgIpc) is 2.02. The first-order valence-electron chi connectivity index (χ1n) is 2.83. The molecule has 0 aromatic carbocycles. The van der Waals surface area contributed by atoms with Gasteiger partial charge in [-0.2, -0.15) is 18.4 Å². The number of carboxylic acids is 1. The summed E-state index contributed by atoms with van der Waals surface area (Å²) in [5, 5.41) is 15.0. The van der Waals surface area contributed by atoms with Crippen LogP contribution in [0.5, 0.6) is 0 Å². The van der Waals surface area contributed by atoms with Crippen molar-refractivity contribution in [2.45, 2.75) is 6.18 Å². The Bertz CT molecular complexity index is 229. The van der Waals surface area contributed by atoms with E-state index in [2.05, 4.69) is 6.58 Å². The van der Waals surface area contributed by atoms with Crippen molar-refractivity contribution in [2.24, 2.45) is 5.73 Å². The van der Waals surface area contributed by atoms with Crippen molar-refractivity contribution in [3.63, 3.8) is 0 Å². The molecule has 0 rings (SSSR count). The summed E-state index contributed by atoms with van der Waals surface area (Å²) in [4.78, 5) is 8.90. The van der Waals surface area contributed by atoms with Gasteiger partial charge in [0.2, 0.25) is 0 Å². The van der Waals surface area contributed by atoms with Crippen molar-refractivity contribution in [3.05, 3.63) is 12.2 Å². The maximum absolute atomic E-state index is 10.6. The second-order valence-electron chi connectivity index (χ2n) is 1.72. The summed E-state index contributed by atoms with van der Waals surface area (Å²) in [6.45, 7) is 3.58. The third-order valence-corrected chi connectivity index (χ3v) is 0.647. The molecule has 0 radical (unpaired) electrons.